The van der Waals surface area contributed by atoms with Crippen molar-refractivity contribution >= 4 is 23.2 Å². The van der Waals surface area contributed by atoms with Crippen molar-refractivity contribution in [3.05, 3.63) is 21.2 Å². The molecule has 1 aromatic carbocycles. The molecular weight excluding hydrogens is 379 g/mol. The first kappa shape index (κ1) is 22.3. The normalized spacial score (nSPS) is 12.8. The fraction of sp³-hybridized carbons (Fsp3) is 0.556. The zero-order valence-electron chi connectivity index (χ0n) is 15.3. The highest BCUT2D eigenvalue weighted by atomic mass is 35.5. The van der Waals surface area contributed by atoms with Gasteiger partial charge in [-0.2, -0.15) is 10.5 Å². The summed E-state index contributed by atoms with van der Waals surface area (Å²) in [4.78, 5) is 0. The van der Waals surface area contributed by atoms with Crippen LogP contribution in [-0.4, -0.2) is 39.6 Å². The lowest BCUT2D eigenvalue weighted by Crippen LogP contribution is -2.13. The molecule has 0 radical (unpaired) electrons. The molecule has 26 heavy (non-hydrogen) atoms. The zero-order valence-corrected chi connectivity index (χ0v) is 16.8. The van der Waals surface area contributed by atoms with Crippen molar-refractivity contribution in [2.24, 2.45) is 0 Å². The van der Waals surface area contributed by atoms with E-state index in [4.69, 9.17) is 42.1 Å². The Hall–Kier alpha value is -1.70. The van der Waals surface area contributed by atoms with Crippen molar-refractivity contribution in [1.29, 1.82) is 10.5 Å². The third-order valence-corrected chi connectivity index (χ3v) is 4.68. The van der Waals surface area contributed by atoms with E-state index in [1.54, 1.807) is 14.2 Å². The first-order valence-corrected chi connectivity index (χ1v) is 8.83. The lowest BCUT2D eigenvalue weighted by Gasteiger charge is -2.18. The van der Waals surface area contributed by atoms with E-state index in [0.717, 1.165) is 0 Å². The van der Waals surface area contributed by atoms with Gasteiger partial charge in [-0.05, 0) is 13.8 Å². The topological polar surface area (TPSA) is 84.5 Å². The predicted molar refractivity (Wildman–Crippen MR) is 99.1 cm³/mol. The Morgan fingerprint density at radius 2 is 1.15 bits per heavy atom. The number of hydrogen-bond acceptors (Lipinski definition) is 6. The van der Waals surface area contributed by atoms with Gasteiger partial charge < -0.3 is 18.9 Å². The summed E-state index contributed by atoms with van der Waals surface area (Å²) in [5, 5.41) is 19.1. The smallest absolute Gasteiger partial charge is 0.158 e. The van der Waals surface area contributed by atoms with Gasteiger partial charge in [0.1, 0.15) is 33.3 Å². The third-order valence-electron chi connectivity index (χ3n) is 3.87. The number of hydrogen-bond donors (Lipinski definition) is 0. The SMILES string of the molecule is COC(C)CCOc1c(Cl)c(Cl)c(OCCC(C)OC)c(C#N)c1C#N. The van der Waals surface area contributed by atoms with Crippen molar-refractivity contribution in [2.45, 2.75) is 38.9 Å². The molecule has 1 aromatic rings. The second kappa shape index (κ2) is 11.1. The van der Waals surface area contributed by atoms with Gasteiger partial charge in [-0.3, -0.25) is 0 Å². The van der Waals surface area contributed by atoms with Crippen LogP contribution in [-0.2, 0) is 9.47 Å². The molecule has 142 valence electrons. The lowest BCUT2D eigenvalue weighted by molar-refractivity contribution is 0.0947. The van der Waals surface area contributed by atoms with E-state index in [9.17, 15) is 10.5 Å². The highest BCUT2D eigenvalue weighted by Crippen LogP contribution is 2.45. The number of methoxy groups -OCH3 is 2. The van der Waals surface area contributed by atoms with Crippen LogP contribution < -0.4 is 9.47 Å². The van der Waals surface area contributed by atoms with Gasteiger partial charge in [0.25, 0.3) is 0 Å². The van der Waals surface area contributed by atoms with Crippen LogP contribution in [0.3, 0.4) is 0 Å². The Labute approximate surface area is 164 Å². The molecule has 0 heterocycles. The first-order valence-electron chi connectivity index (χ1n) is 8.07. The van der Waals surface area contributed by atoms with Gasteiger partial charge in [0.05, 0.1) is 25.4 Å². The third kappa shape index (κ3) is 5.65. The maximum absolute atomic E-state index is 9.49. The molecule has 6 nitrogen and oxygen atoms in total. The lowest BCUT2D eigenvalue weighted by atomic mass is 10.1. The average Bonchev–Trinajstić information content (AvgIpc) is 2.65. The summed E-state index contributed by atoms with van der Waals surface area (Å²) in [5.74, 6) is 0.160. The van der Waals surface area contributed by atoms with Gasteiger partial charge in [0, 0.05) is 27.1 Å². The van der Waals surface area contributed by atoms with Crippen LogP contribution in [0.25, 0.3) is 0 Å². The molecule has 0 saturated heterocycles. The van der Waals surface area contributed by atoms with E-state index in [0.29, 0.717) is 12.8 Å². The van der Waals surface area contributed by atoms with Gasteiger partial charge in [-0.1, -0.05) is 23.2 Å². The van der Waals surface area contributed by atoms with Gasteiger partial charge in [-0.25, -0.2) is 0 Å². The highest BCUT2D eigenvalue weighted by molar-refractivity contribution is 6.44. The van der Waals surface area contributed by atoms with Gasteiger partial charge in [-0.15, -0.1) is 0 Å². The predicted octanol–water partition coefficient (Wildman–Crippen LogP) is 4.34. The number of halogens is 2. The molecular formula is C18H22Cl2N2O4. The Morgan fingerprint density at radius 1 is 0.808 bits per heavy atom. The quantitative estimate of drug-likeness (QED) is 0.580. The molecule has 0 N–H and O–H groups in total. The van der Waals surface area contributed by atoms with Crippen molar-refractivity contribution < 1.29 is 18.9 Å². The standard InChI is InChI=1S/C18H22Cl2N2O4/c1-11(23-3)5-7-25-17-13(9-21)14(10-22)18(16(20)15(17)19)26-8-6-12(2)24-4/h11-12H,5-8H2,1-4H3. The summed E-state index contributed by atoms with van der Waals surface area (Å²) < 4.78 is 21.5. The molecule has 0 saturated carbocycles. The second-order valence-corrected chi connectivity index (χ2v) is 6.38. The summed E-state index contributed by atoms with van der Waals surface area (Å²) >= 11 is 12.6. The largest absolute Gasteiger partial charge is 0.490 e. The molecule has 0 aliphatic heterocycles. The van der Waals surface area contributed by atoms with Crippen LogP contribution in [0.1, 0.15) is 37.8 Å². The van der Waals surface area contributed by atoms with Crippen molar-refractivity contribution in [1.82, 2.24) is 0 Å². The average molecular weight is 401 g/mol. The minimum Gasteiger partial charge on any atom is -0.490 e. The highest BCUT2D eigenvalue weighted by Gasteiger charge is 2.25. The van der Waals surface area contributed by atoms with Crippen LogP contribution in [0.4, 0.5) is 0 Å². The molecule has 8 heteroatoms. The maximum Gasteiger partial charge on any atom is 0.158 e. The first-order chi connectivity index (χ1) is 12.4. The number of nitrogens with zero attached hydrogens (tertiary/aromatic N) is 2. The molecule has 0 aliphatic carbocycles. The van der Waals surface area contributed by atoms with Crippen LogP contribution in [0.2, 0.25) is 10.0 Å². The Balaban J connectivity index is 3.13. The van der Waals surface area contributed by atoms with Crippen molar-refractivity contribution in [3.63, 3.8) is 0 Å². The van der Waals surface area contributed by atoms with Crippen LogP contribution >= 0.6 is 23.2 Å². The molecule has 0 aromatic heterocycles. The number of nitriles is 2. The fourth-order valence-electron chi connectivity index (χ4n) is 2.02. The number of benzene rings is 1. The van der Waals surface area contributed by atoms with E-state index in [2.05, 4.69) is 0 Å². The number of ether oxygens (including phenoxy) is 4. The molecule has 0 fully saturated rings. The van der Waals surface area contributed by atoms with E-state index in [-0.39, 0.29) is 58.1 Å². The van der Waals surface area contributed by atoms with E-state index in [1.165, 1.54) is 0 Å². The molecule has 1 rings (SSSR count). The molecule has 0 aliphatic rings. The second-order valence-electron chi connectivity index (χ2n) is 5.63. The molecule has 0 spiro atoms. The van der Waals surface area contributed by atoms with Crippen LogP contribution in [0.15, 0.2) is 0 Å². The summed E-state index contributed by atoms with van der Waals surface area (Å²) in [5.41, 5.74) is 0.00326. The Bertz CT molecular complexity index is 639. The molecule has 0 bridgehead atoms. The van der Waals surface area contributed by atoms with E-state index < -0.39 is 0 Å². The van der Waals surface area contributed by atoms with E-state index >= 15 is 0 Å². The van der Waals surface area contributed by atoms with Gasteiger partial charge in [0.15, 0.2) is 11.5 Å². The van der Waals surface area contributed by atoms with Gasteiger partial charge >= 0.3 is 0 Å². The maximum atomic E-state index is 9.49. The summed E-state index contributed by atoms with van der Waals surface area (Å²) in [6.07, 6.45) is 1.14. The minimum absolute atomic E-state index is 0.00163. The summed E-state index contributed by atoms with van der Waals surface area (Å²) in [7, 11) is 3.19. The Kier molecular flexibility index (Phi) is 9.54. The van der Waals surface area contributed by atoms with Crippen LogP contribution in [0.5, 0.6) is 11.5 Å². The summed E-state index contributed by atoms with van der Waals surface area (Å²) in [6, 6.07) is 3.92. The Morgan fingerprint density at radius 3 is 1.42 bits per heavy atom. The van der Waals surface area contributed by atoms with Crippen molar-refractivity contribution in [3.8, 4) is 23.6 Å². The van der Waals surface area contributed by atoms with E-state index in [1.807, 2.05) is 26.0 Å². The van der Waals surface area contributed by atoms with Crippen molar-refractivity contribution in [2.75, 3.05) is 27.4 Å². The summed E-state index contributed by atoms with van der Waals surface area (Å²) in [6.45, 7) is 4.30. The number of rotatable bonds is 10. The minimum atomic E-state index is -0.0180. The molecule has 2 atom stereocenters. The molecule has 0 amide bonds. The molecule has 2 unspecified atom stereocenters. The fourth-order valence-corrected chi connectivity index (χ4v) is 2.49. The van der Waals surface area contributed by atoms with Crippen LogP contribution in [0, 0.1) is 22.7 Å². The van der Waals surface area contributed by atoms with Gasteiger partial charge in [0.2, 0.25) is 0 Å². The zero-order chi connectivity index (χ0) is 19.7. The monoisotopic (exact) mass is 400 g/mol.